The van der Waals surface area contributed by atoms with E-state index in [2.05, 4.69) is 42.1 Å². The first-order valence-electron chi connectivity index (χ1n) is 7.25. The highest BCUT2D eigenvalue weighted by atomic mass is 32.1. The summed E-state index contributed by atoms with van der Waals surface area (Å²) >= 11 is 3.40. The molecule has 2 aromatic heterocycles. The third kappa shape index (κ3) is 5.26. The van der Waals surface area contributed by atoms with E-state index in [1.807, 2.05) is 17.0 Å². The molecular formula is C16H22N2OS2. The van der Waals surface area contributed by atoms with Gasteiger partial charge in [-0.25, -0.2) is 0 Å². The lowest BCUT2D eigenvalue weighted by molar-refractivity contribution is -0.131. The van der Waals surface area contributed by atoms with Crippen molar-refractivity contribution in [1.82, 2.24) is 10.2 Å². The summed E-state index contributed by atoms with van der Waals surface area (Å²) in [7, 11) is 0. The van der Waals surface area contributed by atoms with Gasteiger partial charge in [0.1, 0.15) is 0 Å². The lowest BCUT2D eigenvalue weighted by Crippen LogP contribution is -2.39. The van der Waals surface area contributed by atoms with Crippen molar-refractivity contribution >= 4 is 28.6 Å². The maximum Gasteiger partial charge on any atom is 0.237 e. The summed E-state index contributed by atoms with van der Waals surface area (Å²) in [6.07, 6.45) is 1.03. The van der Waals surface area contributed by atoms with E-state index in [-0.39, 0.29) is 5.91 Å². The standard InChI is InChI=1S/C16H22N2OS2/c1-3-13(2)17-10-16(19)18(11-14-6-4-8-20-14)12-15-7-5-9-21-15/h4-9,13,17H,3,10-12H2,1-2H3. The predicted octanol–water partition coefficient (Wildman–Crippen LogP) is 3.73. The van der Waals surface area contributed by atoms with Crippen LogP contribution in [0.4, 0.5) is 0 Å². The van der Waals surface area contributed by atoms with E-state index in [0.717, 1.165) is 6.42 Å². The first-order chi connectivity index (χ1) is 10.2. The van der Waals surface area contributed by atoms with Gasteiger partial charge in [-0.3, -0.25) is 4.79 Å². The Morgan fingerprint density at radius 2 is 1.76 bits per heavy atom. The smallest absolute Gasteiger partial charge is 0.237 e. The quantitative estimate of drug-likeness (QED) is 0.803. The van der Waals surface area contributed by atoms with Gasteiger partial charge in [-0.05, 0) is 36.2 Å². The second-order valence-electron chi connectivity index (χ2n) is 5.10. The number of nitrogens with one attached hydrogen (secondary N) is 1. The van der Waals surface area contributed by atoms with Crippen molar-refractivity contribution in [1.29, 1.82) is 0 Å². The number of thiophene rings is 2. The number of nitrogens with zero attached hydrogens (tertiary/aromatic N) is 1. The molecule has 3 nitrogen and oxygen atoms in total. The molecule has 114 valence electrons. The fourth-order valence-corrected chi connectivity index (χ4v) is 3.37. The van der Waals surface area contributed by atoms with Crippen LogP contribution in [-0.4, -0.2) is 23.4 Å². The zero-order valence-electron chi connectivity index (χ0n) is 12.5. The normalized spacial score (nSPS) is 12.3. The molecule has 0 aromatic carbocycles. The number of hydrogen-bond acceptors (Lipinski definition) is 4. The van der Waals surface area contributed by atoms with Crippen molar-refractivity contribution in [3.05, 3.63) is 44.8 Å². The Kier molecular flexibility index (Phi) is 6.42. The Morgan fingerprint density at radius 1 is 1.19 bits per heavy atom. The third-order valence-electron chi connectivity index (χ3n) is 3.42. The molecule has 5 heteroatoms. The van der Waals surface area contributed by atoms with E-state index in [1.54, 1.807) is 22.7 Å². The van der Waals surface area contributed by atoms with Crippen LogP contribution in [0.3, 0.4) is 0 Å². The predicted molar refractivity (Wildman–Crippen MR) is 90.6 cm³/mol. The van der Waals surface area contributed by atoms with E-state index < -0.39 is 0 Å². The molecule has 0 aliphatic carbocycles. The zero-order valence-corrected chi connectivity index (χ0v) is 14.2. The van der Waals surface area contributed by atoms with Crippen LogP contribution in [0.2, 0.25) is 0 Å². The van der Waals surface area contributed by atoms with Crippen LogP contribution >= 0.6 is 22.7 Å². The topological polar surface area (TPSA) is 32.3 Å². The van der Waals surface area contributed by atoms with E-state index in [4.69, 9.17) is 0 Å². The monoisotopic (exact) mass is 322 g/mol. The molecule has 1 atom stereocenters. The molecular weight excluding hydrogens is 300 g/mol. The summed E-state index contributed by atoms with van der Waals surface area (Å²) in [5.74, 6) is 0.164. The third-order valence-corrected chi connectivity index (χ3v) is 5.14. The molecule has 1 N–H and O–H groups in total. The van der Waals surface area contributed by atoms with Gasteiger partial charge in [-0.1, -0.05) is 19.1 Å². The lowest BCUT2D eigenvalue weighted by Gasteiger charge is -2.23. The maximum atomic E-state index is 12.5. The van der Waals surface area contributed by atoms with Gasteiger partial charge in [0.15, 0.2) is 0 Å². The van der Waals surface area contributed by atoms with Gasteiger partial charge in [-0.15, -0.1) is 22.7 Å². The lowest BCUT2D eigenvalue weighted by atomic mass is 10.2. The molecule has 2 aromatic rings. The van der Waals surface area contributed by atoms with Crippen molar-refractivity contribution in [2.45, 2.75) is 39.4 Å². The molecule has 0 fully saturated rings. The van der Waals surface area contributed by atoms with E-state index in [9.17, 15) is 4.79 Å². The molecule has 0 radical (unpaired) electrons. The van der Waals surface area contributed by atoms with Crippen molar-refractivity contribution in [3.8, 4) is 0 Å². The molecule has 1 amide bonds. The summed E-state index contributed by atoms with van der Waals surface area (Å²) in [5.41, 5.74) is 0. The molecule has 21 heavy (non-hydrogen) atoms. The second-order valence-corrected chi connectivity index (χ2v) is 7.16. The van der Waals surface area contributed by atoms with Crippen LogP contribution in [0.1, 0.15) is 30.0 Å². The fourth-order valence-electron chi connectivity index (χ4n) is 1.93. The number of carbonyl (C=O) groups is 1. The summed E-state index contributed by atoms with van der Waals surface area (Å²) in [6, 6.07) is 8.61. The van der Waals surface area contributed by atoms with E-state index in [0.29, 0.717) is 25.7 Å². The van der Waals surface area contributed by atoms with Gasteiger partial charge in [0.25, 0.3) is 0 Å². The summed E-state index contributed by atoms with van der Waals surface area (Å²) in [6.45, 7) is 6.02. The molecule has 0 saturated carbocycles. The van der Waals surface area contributed by atoms with Crippen molar-refractivity contribution in [2.75, 3.05) is 6.54 Å². The van der Waals surface area contributed by atoms with Crippen LogP contribution in [0.25, 0.3) is 0 Å². The Hall–Kier alpha value is -1.17. The minimum Gasteiger partial charge on any atom is -0.331 e. The van der Waals surface area contributed by atoms with Crippen LogP contribution in [0, 0.1) is 0 Å². The van der Waals surface area contributed by atoms with Gasteiger partial charge in [0.05, 0.1) is 19.6 Å². The highest BCUT2D eigenvalue weighted by Crippen LogP contribution is 2.17. The molecule has 2 heterocycles. The highest BCUT2D eigenvalue weighted by Gasteiger charge is 2.16. The summed E-state index contributed by atoms with van der Waals surface area (Å²) in [4.78, 5) is 16.9. The van der Waals surface area contributed by atoms with Crippen molar-refractivity contribution in [3.63, 3.8) is 0 Å². The van der Waals surface area contributed by atoms with Crippen LogP contribution < -0.4 is 5.32 Å². The average Bonchev–Trinajstić information content (AvgIpc) is 3.17. The SMILES string of the molecule is CCC(C)NCC(=O)N(Cc1cccs1)Cc1cccs1. The summed E-state index contributed by atoms with van der Waals surface area (Å²) in [5, 5.41) is 7.40. The first-order valence-corrected chi connectivity index (χ1v) is 9.01. The van der Waals surface area contributed by atoms with Crippen LogP contribution in [0.15, 0.2) is 35.0 Å². The first kappa shape index (κ1) is 16.2. The molecule has 0 aliphatic heterocycles. The maximum absolute atomic E-state index is 12.5. The molecule has 1 unspecified atom stereocenters. The number of amides is 1. The van der Waals surface area contributed by atoms with Gasteiger partial charge in [0, 0.05) is 15.8 Å². The molecule has 0 bridgehead atoms. The van der Waals surface area contributed by atoms with E-state index in [1.165, 1.54) is 9.75 Å². The highest BCUT2D eigenvalue weighted by molar-refractivity contribution is 7.10. The minimum atomic E-state index is 0.164. The van der Waals surface area contributed by atoms with Gasteiger partial charge < -0.3 is 10.2 Å². The fraction of sp³-hybridized carbons (Fsp3) is 0.438. The number of rotatable bonds is 8. The molecule has 0 saturated heterocycles. The Labute approximate surface area is 134 Å². The van der Waals surface area contributed by atoms with Gasteiger partial charge in [0.2, 0.25) is 5.91 Å². The number of carbonyl (C=O) groups excluding carboxylic acids is 1. The molecule has 2 rings (SSSR count). The Morgan fingerprint density at radius 3 is 2.19 bits per heavy atom. The average molecular weight is 322 g/mol. The Bertz CT molecular complexity index is 486. The largest absolute Gasteiger partial charge is 0.331 e. The summed E-state index contributed by atoms with van der Waals surface area (Å²) < 4.78 is 0. The molecule has 0 spiro atoms. The second kappa shape index (κ2) is 8.32. The van der Waals surface area contributed by atoms with Crippen molar-refractivity contribution < 1.29 is 4.79 Å². The van der Waals surface area contributed by atoms with Gasteiger partial charge in [-0.2, -0.15) is 0 Å². The van der Waals surface area contributed by atoms with Crippen molar-refractivity contribution in [2.24, 2.45) is 0 Å². The molecule has 0 aliphatic rings. The van der Waals surface area contributed by atoms with E-state index >= 15 is 0 Å². The minimum absolute atomic E-state index is 0.164. The van der Waals surface area contributed by atoms with Gasteiger partial charge >= 0.3 is 0 Å². The zero-order chi connectivity index (χ0) is 15.1. The number of hydrogen-bond donors (Lipinski definition) is 1. The van der Waals surface area contributed by atoms with Crippen LogP contribution in [-0.2, 0) is 17.9 Å². The van der Waals surface area contributed by atoms with Crippen LogP contribution in [0.5, 0.6) is 0 Å². The Balaban J connectivity index is 1.98.